The van der Waals surface area contributed by atoms with E-state index in [1.165, 1.54) is 14.0 Å². The van der Waals surface area contributed by atoms with Gasteiger partial charge in [-0.25, -0.2) is 0 Å². The zero-order chi connectivity index (χ0) is 24.8. The average molecular weight is 478 g/mol. The Hall–Kier alpha value is -1.14. The first-order valence-electron chi connectivity index (χ1n) is 13.7. The lowest BCUT2D eigenvalue weighted by Crippen LogP contribution is -2.64. The second kappa shape index (κ2) is 9.72. The Morgan fingerprint density at radius 1 is 1.09 bits per heavy atom. The van der Waals surface area contributed by atoms with Gasteiger partial charge in [0.2, 0.25) is 0 Å². The number of rotatable bonds is 6. The first-order chi connectivity index (χ1) is 16.0. The van der Waals surface area contributed by atoms with Crippen molar-refractivity contribution >= 4 is 11.9 Å². The van der Waals surface area contributed by atoms with Gasteiger partial charge in [-0.1, -0.05) is 27.7 Å². The van der Waals surface area contributed by atoms with Crippen molar-refractivity contribution in [2.45, 2.75) is 104 Å². The largest absolute Gasteiger partial charge is 0.469 e. The molecule has 0 aromatic rings. The van der Waals surface area contributed by atoms with Crippen LogP contribution in [0.1, 0.15) is 86.0 Å². The summed E-state index contributed by atoms with van der Waals surface area (Å²) in [6.07, 6.45) is 6.83. The Morgan fingerprint density at radius 3 is 2.47 bits per heavy atom. The van der Waals surface area contributed by atoms with E-state index < -0.39 is 12.2 Å². The molecule has 0 saturated heterocycles. The van der Waals surface area contributed by atoms with Gasteiger partial charge in [0.1, 0.15) is 6.10 Å². The number of hydrogen-bond acceptors (Lipinski definition) is 6. The molecule has 0 heterocycles. The molecule has 4 rings (SSSR count). The van der Waals surface area contributed by atoms with Gasteiger partial charge < -0.3 is 19.9 Å². The highest BCUT2D eigenvalue weighted by atomic mass is 16.6. The van der Waals surface area contributed by atoms with Crippen LogP contribution in [-0.2, 0) is 19.1 Å². The maximum atomic E-state index is 12.8. The minimum Gasteiger partial charge on any atom is -0.469 e. The van der Waals surface area contributed by atoms with Crippen LogP contribution in [0.25, 0.3) is 0 Å². The Bertz CT molecular complexity index is 770. The second-order valence-electron chi connectivity index (χ2n) is 12.8. The van der Waals surface area contributed by atoms with Gasteiger partial charge in [0, 0.05) is 13.0 Å². The lowest BCUT2D eigenvalue weighted by atomic mass is 9.43. The van der Waals surface area contributed by atoms with E-state index in [4.69, 9.17) is 9.47 Å². The van der Waals surface area contributed by atoms with Crippen molar-refractivity contribution in [3.63, 3.8) is 0 Å². The summed E-state index contributed by atoms with van der Waals surface area (Å²) in [4.78, 5) is 24.6. The Balaban J connectivity index is 1.67. The molecular weight excluding hydrogens is 430 g/mol. The topological polar surface area (TPSA) is 84.9 Å². The molecule has 0 aliphatic heterocycles. The van der Waals surface area contributed by atoms with Crippen LogP contribution in [0.2, 0.25) is 0 Å². The van der Waals surface area contributed by atoms with E-state index in [1.54, 1.807) is 0 Å². The number of ether oxygens (including phenoxy) is 2. The molecule has 4 aliphatic rings. The first-order valence-corrected chi connectivity index (χ1v) is 13.7. The van der Waals surface area contributed by atoms with Gasteiger partial charge in [0.25, 0.3) is 0 Å². The molecule has 0 radical (unpaired) electrons. The zero-order valence-corrected chi connectivity index (χ0v) is 22.1. The number of carbonyl (C=O) groups excluding carboxylic acids is 2. The Morgan fingerprint density at radius 2 is 1.82 bits per heavy atom. The van der Waals surface area contributed by atoms with E-state index in [0.29, 0.717) is 42.1 Å². The third-order valence-corrected chi connectivity index (χ3v) is 10.6. The quantitative estimate of drug-likeness (QED) is 0.554. The van der Waals surface area contributed by atoms with Crippen LogP contribution in [0.4, 0.5) is 0 Å². The lowest BCUT2D eigenvalue weighted by Gasteiger charge is -2.64. The van der Waals surface area contributed by atoms with E-state index in [-0.39, 0.29) is 28.7 Å². The van der Waals surface area contributed by atoms with Crippen molar-refractivity contribution < 1.29 is 24.2 Å². The van der Waals surface area contributed by atoms with Crippen molar-refractivity contribution in [1.82, 2.24) is 5.32 Å². The third kappa shape index (κ3) is 4.42. The van der Waals surface area contributed by atoms with Crippen molar-refractivity contribution in [1.29, 1.82) is 0 Å². The monoisotopic (exact) mass is 477 g/mol. The van der Waals surface area contributed by atoms with Crippen LogP contribution in [0, 0.1) is 46.3 Å². The zero-order valence-electron chi connectivity index (χ0n) is 22.1. The summed E-state index contributed by atoms with van der Waals surface area (Å²) in [5.74, 6) is 2.22. The first kappa shape index (κ1) is 25.9. The molecule has 0 bridgehead atoms. The molecular formula is C28H47NO5. The molecule has 2 N–H and O–H groups in total. The van der Waals surface area contributed by atoms with Gasteiger partial charge in [-0.2, -0.15) is 0 Å². The molecule has 0 amide bonds. The van der Waals surface area contributed by atoms with Crippen LogP contribution in [-0.4, -0.2) is 48.9 Å². The summed E-state index contributed by atoms with van der Waals surface area (Å²) in [6.45, 7) is 11.7. The summed E-state index contributed by atoms with van der Waals surface area (Å²) >= 11 is 0. The summed E-state index contributed by atoms with van der Waals surface area (Å²) in [6, 6.07) is 0.316. The predicted octanol–water partition coefficient (Wildman–Crippen LogP) is 4.34. The van der Waals surface area contributed by atoms with Crippen LogP contribution in [0.5, 0.6) is 0 Å². The molecule has 4 aliphatic carbocycles. The summed E-state index contributed by atoms with van der Waals surface area (Å²) in [5.41, 5.74) is -0.0428. The number of carbonyl (C=O) groups is 2. The fraction of sp³-hybridized carbons (Fsp3) is 0.929. The van der Waals surface area contributed by atoms with Gasteiger partial charge in [0.05, 0.1) is 19.1 Å². The van der Waals surface area contributed by atoms with Gasteiger partial charge in [0.15, 0.2) is 0 Å². The SMILES string of the molecule is COC(=O)C1CC[C@H]2[C@@H]3CCC4CC(O)C(OC(C)=O)C[C@]4(C)[C@@H]3C(NCCC(C)C)C[C@]12C. The van der Waals surface area contributed by atoms with Gasteiger partial charge in [-0.15, -0.1) is 0 Å². The normalized spacial score (nSPS) is 45.8. The summed E-state index contributed by atoms with van der Waals surface area (Å²) in [7, 11) is 1.53. The number of fused-ring (bicyclic) bond motifs is 5. The maximum Gasteiger partial charge on any atom is 0.309 e. The van der Waals surface area contributed by atoms with Gasteiger partial charge >= 0.3 is 11.9 Å². The van der Waals surface area contributed by atoms with E-state index in [1.807, 2.05) is 0 Å². The summed E-state index contributed by atoms with van der Waals surface area (Å²) < 4.78 is 10.9. The fourth-order valence-corrected chi connectivity index (χ4v) is 9.06. The number of methoxy groups -OCH3 is 1. The van der Waals surface area contributed by atoms with E-state index in [0.717, 1.165) is 51.5 Å². The highest BCUT2D eigenvalue weighted by Crippen LogP contribution is 2.67. The number of nitrogens with one attached hydrogen (secondary N) is 1. The molecule has 5 unspecified atom stereocenters. The van der Waals surface area contributed by atoms with Crippen molar-refractivity contribution in [2.75, 3.05) is 13.7 Å². The summed E-state index contributed by atoms with van der Waals surface area (Å²) in [5, 5.41) is 14.8. The minimum absolute atomic E-state index is 0.00242. The third-order valence-electron chi connectivity index (χ3n) is 10.6. The van der Waals surface area contributed by atoms with Crippen LogP contribution in [0.3, 0.4) is 0 Å². The molecule has 194 valence electrons. The average Bonchev–Trinajstić information content (AvgIpc) is 3.10. The van der Waals surface area contributed by atoms with Crippen molar-refractivity contribution in [3.05, 3.63) is 0 Å². The number of aliphatic hydroxyl groups excluding tert-OH is 1. The smallest absolute Gasteiger partial charge is 0.309 e. The molecule has 4 saturated carbocycles. The molecule has 0 spiro atoms. The van der Waals surface area contributed by atoms with Crippen molar-refractivity contribution in [3.8, 4) is 0 Å². The molecule has 34 heavy (non-hydrogen) atoms. The standard InChI is InChI=1S/C28H47NO5/c1-16(2)11-12-29-22-14-28(5)20(9-10-21(28)26(32)33-6)19-8-7-18-13-23(31)24(34-17(3)30)15-27(18,4)25(19)22/h16,18-25,29,31H,7-15H2,1-6H3/t18?,19-,20-,21?,22?,23?,24?,25-,27-,28-/m0/s1. The highest BCUT2D eigenvalue weighted by Gasteiger charge is 2.65. The Kier molecular flexibility index (Phi) is 7.42. The molecule has 0 aromatic heterocycles. The van der Waals surface area contributed by atoms with Gasteiger partial charge in [-0.05, 0) is 98.3 Å². The van der Waals surface area contributed by atoms with Crippen LogP contribution < -0.4 is 5.32 Å². The molecule has 4 fully saturated rings. The molecule has 0 aromatic carbocycles. The van der Waals surface area contributed by atoms with Crippen LogP contribution >= 0.6 is 0 Å². The van der Waals surface area contributed by atoms with E-state index >= 15 is 0 Å². The predicted molar refractivity (Wildman–Crippen MR) is 131 cm³/mol. The molecule has 6 heteroatoms. The second-order valence-corrected chi connectivity index (χ2v) is 12.8. The molecule has 10 atom stereocenters. The minimum atomic E-state index is -0.574. The van der Waals surface area contributed by atoms with E-state index in [9.17, 15) is 14.7 Å². The molecule has 6 nitrogen and oxygen atoms in total. The van der Waals surface area contributed by atoms with Crippen LogP contribution in [0.15, 0.2) is 0 Å². The number of esters is 2. The number of aliphatic hydroxyl groups is 1. The lowest BCUT2D eigenvalue weighted by molar-refractivity contribution is -0.188. The van der Waals surface area contributed by atoms with E-state index in [2.05, 4.69) is 33.0 Å². The van der Waals surface area contributed by atoms with Gasteiger partial charge in [-0.3, -0.25) is 9.59 Å². The highest BCUT2D eigenvalue weighted by molar-refractivity contribution is 5.74. The number of hydrogen-bond donors (Lipinski definition) is 2. The maximum absolute atomic E-state index is 12.8. The van der Waals surface area contributed by atoms with Crippen molar-refractivity contribution in [2.24, 2.45) is 46.3 Å². The fourth-order valence-electron chi connectivity index (χ4n) is 9.06. The Labute approximate surface area is 205 Å².